The Hall–Kier alpha value is -3.19. The van der Waals surface area contributed by atoms with Crippen molar-refractivity contribution >= 4 is 47.0 Å². The summed E-state index contributed by atoms with van der Waals surface area (Å²) in [5.74, 6) is -0.120. The molecule has 0 aliphatic carbocycles. The van der Waals surface area contributed by atoms with Crippen LogP contribution in [0.25, 0.3) is 10.8 Å². The fourth-order valence-electron chi connectivity index (χ4n) is 2.79. The molecule has 2 aromatic carbocycles. The number of aliphatic imine (C=N–C) groups is 1. The summed E-state index contributed by atoms with van der Waals surface area (Å²) in [5.41, 5.74) is 2.76. The molecule has 1 aliphatic heterocycles. The van der Waals surface area contributed by atoms with Gasteiger partial charge in [-0.25, -0.2) is 4.99 Å². The second-order valence-corrected chi connectivity index (χ2v) is 5.78. The van der Waals surface area contributed by atoms with Gasteiger partial charge in [0.2, 0.25) is 5.91 Å². The van der Waals surface area contributed by atoms with Crippen LogP contribution in [0.5, 0.6) is 0 Å². The lowest BCUT2D eigenvalue weighted by atomic mass is 9.77. The van der Waals surface area contributed by atoms with Crippen LogP contribution in [-0.2, 0) is 15.9 Å². The summed E-state index contributed by atoms with van der Waals surface area (Å²) in [5, 5.41) is 14.7. The third kappa shape index (κ3) is 3.22. The van der Waals surface area contributed by atoms with Crippen LogP contribution in [0.1, 0.15) is 5.56 Å². The molecule has 25 heavy (non-hydrogen) atoms. The minimum Gasteiger partial charge on any atom is -0.524 e. The number of nitrogens with one attached hydrogen (secondary N) is 1. The quantitative estimate of drug-likeness (QED) is 0.717. The summed E-state index contributed by atoms with van der Waals surface area (Å²) in [7, 11) is -1.01. The third-order valence-electron chi connectivity index (χ3n) is 4.03. The van der Waals surface area contributed by atoms with Gasteiger partial charge in [-0.1, -0.05) is 18.2 Å². The number of fused-ring (bicyclic) bond motifs is 2. The van der Waals surface area contributed by atoms with Crippen LogP contribution in [0.4, 0.5) is 11.4 Å². The van der Waals surface area contributed by atoms with Crippen LogP contribution in [0.15, 0.2) is 59.9 Å². The molecular formula is C18H14BN3O3. The molecule has 1 aromatic heterocycles. The van der Waals surface area contributed by atoms with Crippen molar-refractivity contribution in [2.75, 3.05) is 5.32 Å². The summed E-state index contributed by atoms with van der Waals surface area (Å²) < 4.78 is 4.92. The van der Waals surface area contributed by atoms with Gasteiger partial charge >= 0.3 is 7.12 Å². The fourth-order valence-corrected chi connectivity index (χ4v) is 2.79. The molecule has 0 fully saturated rings. The molecule has 0 unspecified atom stereocenters. The van der Waals surface area contributed by atoms with E-state index in [4.69, 9.17) is 4.65 Å². The van der Waals surface area contributed by atoms with Crippen LogP contribution >= 0.6 is 0 Å². The first-order chi connectivity index (χ1) is 12.2. The lowest BCUT2D eigenvalue weighted by molar-refractivity contribution is -0.115. The van der Waals surface area contributed by atoms with Gasteiger partial charge < -0.3 is 15.0 Å². The van der Waals surface area contributed by atoms with E-state index < -0.39 is 7.12 Å². The first-order valence-electron chi connectivity index (χ1n) is 7.81. The zero-order chi connectivity index (χ0) is 17.2. The maximum atomic E-state index is 12.3. The molecule has 0 bridgehead atoms. The molecule has 0 atom stereocenters. The van der Waals surface area contributed by atoms with Gasteiger partial charge in [-0.05, 0) is 35.2 Å². The maximum Gasteiger partial charge on any atom is 0.562 e. The highest BCUT2D eigenvalue weighted by molar-refractivity contribution is 6.63. The van der Waals surface area contributed by atoms with Gasteiger partial charge in [-0.15, -0.1) is 0 Å². The number of amides is 1. The average molecular weight is 331 g/mol. The normalized spacial score (nSPS) is 12.6. The number of benzene rings is 2. The van der Waals surface area contributed by atoms with E-state index in [9.17, 15) is 9.82 Å². The van der Waals surface area contributed by atoms with Gasteiger partial charge in [-0.3, -0.25) is 9.78 Å². The van der Waals surface area contributed by atoms with Crippen LogP contribution < -0.4 is 10.8 Å². The van der Waals surface area contributed by atoms with Crippen LogP contribution in [0.3, 0.4) is 0 Å². The second-order valence-electron chi connectivity index (χ2n) is 5.78. The molecule has 0 spiro atoms. The second kappa shape index (κ2) is 6.37. The minimum absolute atomic E-state index is 0.120. The Morgan fingerprint density at radius 3 is 3.00 bits per heavy atom. The number of nitrogens with zero attached hydrogens (tertiary/aromatic N) is 2. The van der Waals surface area contributed by atoms with E-state index in [2.05, 4.69) is 15.3 Å². The van der Waals surface area contributed by atoms with E-state index >= 15 is 0 Å². The van der Waals surface area contributed by atoms with E-state index in [1.807, 2.05) is 24.3 Å². The number of carbonyl (C=O) groups excluding carboxylic acids is 1. The molecule has 0 saturated carbocycles. The summed E-state index contributed by atoms with van der Waals surface area (Å²) >= 11 is 0. The van der Waals surface area contributed by atoms with Gasteiger partial charge in [0.1, 0.15) is 0 Å². The molecule has 1 aliphatic rings. The Balaban J connectivity index is 1.49. The van der Waals surface area contributed by atoms with Gasteiger partial charge in [0.05, 0.1) is 12.1 Å². The van der Waals surface area contributed by atoms with Crippen molar-refractivity contribution in [2.24, 2.45) is 4.99 Å². The van der Waals surface area contributed by atoms with Gasteiger partial charge in [-0.2, -0.15) is 0 Å². The molecule has 122 valence electrons. The number of aromatic nitrogens is 1. The molecule has 0 saturated heterocycles. The molecule has 7 heteroatoms. The lowest BCUT2D eigenvalue weighted by Gasteiger charge is -2.14. The predicted molar refractivity (Wildman–Crippen MR) is 97.4 cm³/mol. The number of rotatable bonds is 3. The van der Waals surface area contributed by atoms with Crippen molar-refractivity contribution < 1.29 is 14.5 Å². The lowest BCUT2D eigenvalue weighted by Crippen LogP contribution is -2.35. The Kier molecular flexibility index (Phi) is 3.91. The smallest absolute Gasteiger partial charge is 0.524 e. The van der Waals surface area contributed by atoms with Crippen LogP contribution in [0.2, 0.25) is 0 Å². The molecule has 2 heterocycles. The highest BCUT2D eigenvalue weighted by Gasteiger charge is 2.24. The van der Waals surface area contributed by atoms with Crippen molar-refractivity contribution in [3.05, 3.63) is 60.4 Å². The van der Waals surface area contributed by atoms with Crippen molar-refractivity contribution in [3.8, 4) is 0 Å². The Morgan fingerprint density at radius 2 is 2.08 bits per heavy atom. The van der Waals surface area contributed by atoms with Crippen LogP contribution in [-0.4, -0.2) is 29.4 Å². The molecule has 6 nitrogen and oxygen atoms in total. The summed E-state index contributed by atoms with van der Waals surface area (Å²) in [6.45, 7) is 0. The highest BCUT2D eigenvalue weighted by atomic mass is 16.5. The monoisotopic (exact) mass is 331 g/mol. The number of hydrogen-bond donors (Lipinski definition) is 2. The van der Waals surface area contributed by atoms with Gasteiger partial charge in [0, 0.05) is 28.9 Å². The molecule has 4 rings (SSSR count). The topological polar surface area (TPSA) is 83.8 Å². The van der Waals surface area contributed by atoms with Gasteiger partial charge in [0.25, 0.3) is 0 Å². The molecule has 1 amide bonds. The van der Waals surface area contributed by atoms with Crippen molar-refractivity contribution in [3.63, 3.8) is 0 Å². The van der Waals surface area contributed by atoms with Crippen molar-refractivity contribution in [2.45, 2.75) is 6.42 Å². The fraction of sp³-hybridized carbons (Fsp3) is 0.0556. The minimum atomic E-state index is -1.01. The zero-order valence-electron chi connectivity index (χ0n) is 13.2. The van der Waals surface area contributed by atoms with Crippen molar-refractivity contribution in [1.82, 2.24) is 4.98 Å². The van der Waals surface area contributed by atoms with E-state index in [1.165, 1.54) is 6.40 Å². The Bertz CT molecular complexity index is 990. The Morgan fingerprint density at radius 1 is 1.16 bits per heavy atom. The first kappa shape index (κ1) is 15.3. The first-order valence-corrected chi connectivity index (χ1v) is 7.81. The highest BCUT2D eigenvalue weighted by Crippen LogP contribution is 2.19. The van der Waals surface area contributed by atoms with Gasteiger partial charge in [0.15, 0.2) is 6.40 Å². The van der Waals surface area contributed by atoms with E-state index in [1.54, 1.807) is 30.6 Å². The van der Waals surface area contributed by atoms with E-state index in [0.29, 0.717) is 11.2 Å². The van der Waals surface area contributed by atoms with Crippen LogP contribution in [0, 0.1) is 0 Å². The predicted octanol–water partition coefficient (Wildman–Crippen LogP) is 1.79. The average Bonchev–Trinajstić information content (AvgIpc) is 2.61. The maximum absolute atomic E-state index is 12.3. The SMILES string of the molecule is O=C(Cc1ccc2c(c1)N=COB2O)Nc1ccc2cnccc2c1. The molecule has 2 N–H and O–H groups in total. The molecule has 3 aromatic rings. The number of pyridine rings is 1. The summed E-state index contributed by atoms with van der Waals surface area (Å²) in [4.78, 5) is 20.5. The number of carbonyl (C=O) groups is 1. The summed E-state index contributed by atoms with van der Waals surface area (Å²) in [6, 6.07) is 12.9. The number of hydrogen-bond acceptors (Lipinski definition) is 5. The third-order valence-corrected chi connectivity index (χ3v) is 4.03. The Labute approximate surface area is 144 Å². The van der Waals surface area contributed by atoms with Crippen molar-refractivity contribution in [1.29, 1.82) is 0 Å². The molecule has 0 radical (unpaired) electrons. The molecular weight excluding hydrogens is 317 g/mol. The largest absolute Gasteiger partial charge is 0.562 e. The zero-order valence-corrected chi connectivity index (χ0v) is 13.2. The standard InChI is InChI=1S/C18H14BN3O3/c23-18(22-15-3-2-14-10-20-6-5-13(14)9-15)8-12-1-4-16-17(7-12)21-11-25-19(16)24/h1-7,9-11,24H,8H2,(H,22,23). The number of anilines is 1. The van der Waals surface area contributed by atoms with E-state index in [-0.39, 0.29) is 12.3 Å². The summed E-state index contributed by atoms with van der Waals surface area (Å²) in [6.07, 6.45) is 4.93. The van der Waals surface area contributed by atoms with E-state index in [0.717, 1.165) is 22.0 Å².